The summed E-state index contributed by atoms with van der Waals surface area (Å²) in [7, 11) is 2.08. The third-order valence-electron chi connectivity index (χ3n) is 10.3. The van der Waals surface area contributed by atoms with Crippen molar-refractivity contribution in [1.29, 1.82) is 0 Å². The number of fused-ring (bicyclic) bond motifs is 1. The summed E-state index contributed by atoms with van der Waals surface area (Å²) in [5.74, 6) is -2.75. The second-order valence-electron chi connectivity index (χ2n) is 17.0. The van der Waals surface area contributed by atoms with Gasteiger partial charge in [-0.3, -0.25) is 17.6 Å². The Morgan fingerprint density at radius 2 is 1.10 bits per heavy atom. The number of hydrogen-bond acceptors (Lipinski definition) is 4. The summed E-state index contributed by atoms with van der Waals surface area (Å²) in [6.45, 7) is 18.9. The Bertz CT molecular complexity index is 2290. The average molecular weight is 975 g/mol. The van der Waals surface area contributed by atoms with Crippen molar-refractivity contribution < 1.29 is 37.7 Å². The van der Waals surface area contributed by atoms with Crippen molar-refractivity contribution in [2.45, 2.75) is 91.9 Å². The third-order valence-corrected chi connectivity index (χ3v) is 10.3. The molecule has 0 atom stereocenters. The molecule has 59 heavy (non-hydrogen) atoms. The predicted octanol–water partition coefficient (Wildman–Crippen LogP) is 12.9. The van der Waals surface area contributed by atoms with Crippen LogP contribution in [0.2, 0.25) is 0 Å². The van der Waals surface area contributed by atoms with Crippen LogP contribution in [-0.2, 0) is 43.8 Å². The van der Waals surface area contributed by atoms with E-state index in [0.29, 0.717) is 24.2 Å². The van der Waals surface area contributed by atoms with Crippen molar-refractivity contribution in [2.75, 3.05) is 16.8 Å². The first-order chi connectivity index (χ1) is 27.4. The zero-order valence-electron chi connectivity index (χ0n) is 35.1. The van der Waals surface area contributed by atoms with Crippen molar-refractivity contribution >= 4 is 17.1 Å². The maximum Gasteiger partial charge on any atom is 0.0408 e. The van der Waals surface area contributed by atoms with Crippen LogP contribution < -0.4 is 9.80 Å². The molecule has 0 spiro atoms. The first-order valence-electron chi connectivity index (χ1n) is 19.6. The first kappa shape index (κ1) is 45.2. The van der Waals surface area contributed by atoms with Gasteiger partial charge in [-0.15, -0.1) is 30.0 Å². The third kappa shape index (κ3) is 11.1. The smallest absolute Gasteiger partial charge is 0.0408 e. The van der Waals surface area contributed by atoms with E-state index >= 15 is 0 Å². The molecule has 0 fully saturated rings. The van der Waals surface area contributed by atoms with Gasteiger partial charge < -0.3 is 19.8 Å². The molecule has 4 aromatic carbocycles. The average Bonchev–Trinajstić information content (AvgIpc) is 3.47. The Kier molecular flexibility index (Phi) is 14.3. The second-order valence-corrected chi connectivity index (χ2v) is 17.0. The summed E-state index contributed by atoms with van der Waals surface area (Å²) in [5.41, 5.74) is 10.6. The summed E-state index contributed by atoms with van der Waals surface area (Å²) < 4.78 is 56.0. The molecule has 1 aliphatic heterocycles. The van der Waals surface area contributed by atoms with E-state index in [-0.39, 0.29) is 42.1 Å². The van der Waals surface area contributed by atoms with Gasteiger partial charge in [0.15, 0.2) is 0 Å². The topological polar surface area (TPSA) is 32.3 Å². The van der Waals surface area contributed by atoms with Crippen LogP contribution in [0.4, 0.5) is 34.6 Å². The van der Waals surface area contributed by atoms with Gasteiger partial charge in [0, 0.05) is 66.1 Å². The molecular weight excluding hydrogens is 925 g/mol. The van der Waals surface area contributed by atoms with Crippen molar-refractivity contribution in [2.24, 2.45) is 0 Å². The number of para-hydroxylation sites is 1. The van der Waals surface area contributed by atoms with Gasteiger partial charge in [-0.05, 0) is 115 Å². The normalized spacial score (nSPS) is 12.5. The van der Waals surface area contributed by atoms with Crippen LogP contribution in [0.3, 0.4) is 0 Å². The van der Waals surface area contributed by atoms with E-state index in [1.165, 1.54) is 22.5 Å². The number of nitrogens with zero attached hydrogens (tertiary/aromatic N) is 4. The molecule has 7 rings (SSSR count). The van der Waals surface area contributed by atoms with Crippen molar-refractivity contribution in [1.82, 2.24) is 9.97 Å². The van der Waals surface area contributed by atoms with Crippen molar-refractivity contribution in [3.05, 3.63) is 167 Å². The van der Waals surface area contributed by atoms with E-state index in [1.807, 2.05) is 42.5 Å². The molecule has 0 N–H and O–H groups in total. The summed E-state index contributed by atoms with van der Waals surface area (Å²) in [6.07, 6.45) is 2.91. The van der Waals surface area contributed by atoms with Gasteiger partial charge in [0.25, 0.3) is 0 Å². The Balaban J connectivity index is 0.000000289. The van der Waals surface area contributed by atoms with Crippen LogP contribution >= 0.6 is 0 Å². The minimum Gasteiger partial charge on any atom is -0.504 e. The zero-order valence-corrected chi connectivity index (χ0v) is 37.5. The Morgan fingerprint density at radius 3 is 1.53 bits per heavy atom. The molecule has 0 unspecified atom stereocenters. The van der Waals surface area contributed by atoms with Crippen LogP contribution in [-0.4, -0.2) is 17.0 Å². The molecule has 311 valence electrons. The quantitative estimate of drug-likeness (QED) is 0.0864. The number of aryl methyl sites for hydroxylation is 4. The molecule has 9 heteroatoms. The Hall–Kier alpha value is -4.85. The van der Waals surface area contributed by atoms with E-state index in [9.17, 15) is 17.6 Å². The van der Waals surface area contributed by atoms with Crippen LogP contribution in [0.5, 0.6) is 0 Å². The van der Waals surface area contributed by atoms with E-state index in [2.05, 4.69) is 125 Å². The molecular formula is C50H50F4IrN4-4. The van der Waals surface area contributed by atoms with Crippen LogP contribution in [0.25, 0.3) is 22.5 Å². The van der Waals surface area contributed by atoms with E-state index < -0.39 is 23.3 Å². The fraction of sp³-hybridized carbons (Fsp3) is 0.300. The van der Waals surface area contributed by atoms with Crippen LogP contribution in [0, 0.1) is 62.0 Å². The molecule has 0 aliphatic carbocycles. The van der Waals surface area contributed by atoms with E-state index in [4.69, 9.17) is 0 Å². The zero-order chi connectivity index (χ0) is 41.9. The summed E-state index contributed by atoms with van der Waals surface area (Å²) in [5, 5.41) is 0. The number of pyridine rings is 2. The number of unbranched alkanes of at least 4 members (excludes halogenated alkanes) is 1. The molecule has 3 heterocycles. The molecule has 1 radical (unpaired) electrons. The number of anilines is 3. The van der Waals surface area contributed by atoms with Gasteiger partial charge in [-0.25, -0.2) is 0 Å². The number of benzene rings is 4. The van der Waals surface area contributed by atoms with Crippen LogP contribution in [0.1, 0.15) is 88.0 Å². The van der Waals surface area contributed by atoms with Gasteiger partial charge in [0.05, 0.1) is 0 Å². The summed E-state index contributed by atoms with van der Waals surface area (Å²) >= 11 is 0. The number of aromatic nitrogens is 2. The summed E-state index contributed by atoms with van der Waals surface area (Å²) in [6, 6.07) is 32.9. The maximum atomic E-state index is 14.5. The SMILES string of the molecule is CC(C)(C)c1cc(CCCCc2cc(C(C)(C)C)cc(-c3[c-]cc(F)cc3F)n2)nc(-c2[c-]cc(F)cc2F)c1.Cc1cc2c(cc1C)N(c1[c-]cccc1)[CH-]N2C.[Ir]. The minimum atomic E-state index is -0.694. The number of rotatable bonds is 8. The molecule has 6 aromatic rings. The number of hydrogen-bond donors (Lipinski definition) is 0. The monoisotopic (exact) mass is 975 g/mol. The molecule has 1 aliphatic rings. The predicted molar refractivity (Wildman–Crippen MR) is 227 cm³/mol. The molecule has 0 amide bonds. The van der Waals surface area contributed by atoms with Gasteiger partial charge in [0.1, 0.15) is 0 Å². The molecule has 0 saturated heterocycles. The van der Waals surface area contributed by atoms with Gasteiger partial charge in [-0.1, -0.05) is 76.9 Å². The Labute approximate surface area is 361 Å². The second kappa shape index (κ2) is 18.6. The van der Waals surface area contributed by atoms with Gasteiger partial charge in [-0.2, -0.15) is 37.0 Å². The van der Waals surface area contributed by atoms with Gasteiger partial charge >= 0.3 is 0 Å². The van der Waals surface area contributed by atoms with E-state index in [1.54, 1.807) is 0 Å². The molecule has 0 saturated carbocycles. The van der Waals surface area contributed by atoms with Gasteiger partial charge in [0.2, 0.25) is 0 Å². The largest absolute Gasteiger partial charge is 0.504 e. The fourth-order valence-corrected chi connectivity index (χ4v) is 6.73. The standard InChI is InChI=1S/C34H34F4N2.C16H16N2.Ir/c1-33(2,3)21-15-25(39-31(17-21)27-13-11-23(35)19-29(27)37)9-7-8-10-26-16-22(34(4,5)6)18-32(40-26)28-14-12-24(36)20-30(28)38;1-12-9-15-16(10-13(12)2)18(11-17(15)3)14-7-5-4-6-8-14;/h11-12,15-20H,7-10H2,1-6H3;4-7,9-11H,1-3H3;/q2*-2;. The number of halogens is 4. The van der Waals surface area contributed by atoms with Crippen LogP contribution in [0.15, 0.2) is 84.9 Å². The summed E-state index contributed by atoms with van der Waals surface area (Å²) in [4.78, 5) is 13.7. The molecule has 0 bridgehead atoms. The maximum absolute atomic E-state index is 14.5. The first-order valence-corrected chi connectivity index (χ1v) is 19.6. The van der Waals surface area contributed by atoms with Crippen molar-refractivity contribution in [3.63, 3.8) is 0 Å². The Morgan fingerprint density at radius 1 is 0.627 bits per heavy atom. The molecule has 2 aromatic heterocycles. The fourth-order valence-electron chi connectivity index (χ4n) is 6.73. The van der Waals surface area contributed by atoms with E-state index in [0.717, 1.165) is 65.3 Å². The van der Waals surface area contributed by atoms with Crippen molar-refractivity contribution in [3.8, 4) is 22.5 Å². The molecule has 4 nitrogen and oxygen atoms in total. The minimum absolute atomic E-state index is 0.